The molecule has 5 rings (SSSR count). The highest BCUT2D eigenvalue weighted by atomic mass is 16.5. The molecule has 0 radical (unpaired) electrons. The molecule has 1 aromatic carbocycles. The van der Waals surface area contributed by atoms with Crippen LogP contribution in [0.2, 0.25) is 0 Å². The Labute approximate surface area is 217 Å². The van der Waals surface area contributed by atoms with Crippen LogP contribution >= 0.6 is 0 Å². The highest BCUT2D eigenvalue weighted by Gasteiger charge is 2.36. The van der Waals surface area contributed by atoms with Gasteiger partial charge in [-0.3, -0.25) is 14.5 Å². The number of ether oxygens (including phenoxy) is 1. The number of carbonyl (C=O) groups excluding carboxylic acids is 2. The van der Waals surface area contributed by atoms with Crippen LogP contribution in [-0.2, 0) is 20.7 Å². The summed E-state index contributed by atoms with van der Waals surface area (Å²) in [5, 5.41) is 9.76. The molecule has 1 saturated heterocycles. The number of carbonyl (C=O) groups is 3. The van der Waals surface area contributed by atoms with Crippen molar-refractivity contribution in [2.24, 2.45) is 5.92 Å². The summed E-state index contributed by atoms with van der Waals surface area (Å²) in [6, 6.07) is 3.92. The van der Waals surface area contributed by atoms with Gasteiger partial charge in [-0.1, -0.05) is 6.42 Å². The lowest BCUT2D eigenvalue weighted by Crippen LogP contribution is -2.42. The lowest BCUT2D eigenvalue weighted by Gasteiger charge is -2.34. The molecule has 200 valence electrons. The molecule has 3 aliphatic rings. The van der Waals surface area contributed by atoms with Crippen molar-refractivity contribution in [3.8, 4) is 0 Å². The van der Waals surface area contributed by atoms with Gasteiger partial charge in [0.1, 0.15) is 5.82 Å². The van der Waals surface area contributed by atoms with Gasteiger partial charge >= 0.3 is 12.1 Å². The molecule has 0 spiro atoms. The average molecular weight is 511 g/mol. The van der Waals surface area contributed by atoms with Gasteiger partial charge in [0.2, 0.25) is 5.91 Å². The van der Waals surface area contributed by atoms with Gasteiger partial charge in [-0.15, -0.1) is 0 Å². The van der Waals surface area contributed by atoms with Crippen molar-refractivity contribution in [1.82, 2.24) is 14.5 Å². The van der Waals surface area contributed by atoms with E-state index >= 15 is 0 Å². The predicted octanol–water partition coefficient (Wildman–Crippen LogP) is 4.88. The number of hydrogen-bond acceptors (Lipinski definition) is 5. The largest absolute Gasteiger partial charge is 0.481 e. The fourth-order valence-electron chi connectivity index (χ4n) is 6.60. The summed E-state index contributed by atoms with van der Waals surface area (Å²) in [5.74, 6) is -0.803. The van der Waals surface area contributed by atoms with Gasteiger partial charge in [-0.05, 0) is 77.3 Å². The molecule has 2 amide bonds. The Hall–Kier alpha value is -3.10. The Balaban J connectivity index is 1.63. The highest BCUT2D eigenvalue weighted by Crippen LogP contribution is 2.42. The SMILES string of the molecule is COC(=O)N1c2ccc3c(nc(C(C)C(=O)N4CCCCC4)n3[C@@H]3CCC[C@@H](C(=O)O)C3)c2CCC1C. The number of aliphatic carboxylic acids is 1. The fraction of sp³-hybridized carbons (Fsp3) is 0.643. The van der Waals surface area contributed by atoms with Gasteiger partial charge in [0.15, 0.2) is 0 Å². The van der Waals surface area contributed by atoms with Crippen LogP contribution in [0.5, 0.6) is 0 Å². The molecule has 1 aromatic heterocycles. The third kappa shape index (κ3) is 4.57. The van der Waals surface area contributed by atoms with Crippen LogP contribution in [0.25, 0.3) is 11.0 Å². The van der Waals surface area contributed by atoms with Crippen molar-refractivity contribution in [2.45, 2.75) is 89.6 Å². The van der Waals surface area contributed by atoms with Gasteiger partial charge in [0.25, 0.3) is 0 Å². The molecule has 0 bridgehead atoms. The first-order valence-corrected chi connectivity index (χ1v) is 13.7. The summed E-state index contributed by atoms with van der Waals surface area (Å²) in [6.07, 6.45) is 7.25. The maximum Gasteiger partial charge on any atom is 0.414 e. The number of imidazole rings is 1. The monoisotopic (exact) mass is 510 g/mol. The molecule has 2 aliphatic heterocycles. The zero-order valence-electron chi connectivity index (χ0n) is 22.1. The maximum atomic E-state index is 13.6. The number of carboxylic acids is 1. The summed E-state index contributed by atoms with van der Waals surface area (Å²) in [7, 11) is 1.39. The number of anilines is 1. The van der Waals surface area contributed by atoms with Crippen LogP contribution in [0.3, 0.4) is 0 Å². The van der Waals surface area contributed by atoms with E-state index in [9.17, 15) is 19.5 Å². The number of rotatable bonds is 4. The number of likely N-dealkylation sites (tertiary alicyclic amines) is 1. The van der Waals surface area contributed by atoms with E-state index in [0.29, 0.717) is 18.7 Å². The Morgan fingerprint density at radius 1 is 1.08 bits per heavy atom. The van der Waals surface area contributed by atoms with Gasteiger partial charge in [-0.25, -0.2) is 9.78 Å². The zero-order valence-corrected chi connectivity index (χ0v) is 22.1. The first kappa shape index (κ1) is 25.5. The van der Waals surface area contributed by atoms with Crippen LogP contribution in [0.15, 0.2) is 12.1 Å². The normalized spacial score (nSPS) is 25.0. The fourth-order valence-corrected chi connectivity index (χ4v) is 6.60. The molecule has 1 N–H and O–H groups in total. The molecule has 9 heteroatoms. The highest BCUT2D eigenvalue weighted by molar-refractivity contribution is 5.96. The van der Waals surface area contributed by atoms with E-state index in [1.54, 1.807) is 4.90 Å². The first-order chi connectivity index (χ1) is 17.8. The molecule has 37 heavy (non-hydrogen) atoms. The molecule has 9 nitrogen and oxygen atoms in total. The van der Waals surface area contributed by atoms with E-state index in [4.69, 9.17) is 9.72 Å². The molecule has 1 aliphatic carbocycles. The number of benzene rings is 1. The minimum absolute atomic E-state index is 0.00762. The topological polar surface area (TPSA) is 105 Å². The van der Waals surface area contributed by atoms with Crippen molar-refractivity contribution in [1.29, 1.82) is 0 Å². The van der Waals surface area contributed by atoms with Crippen LogP contribution in [0.4, 0.5) is 10.5 Å². The summed E-state index contributed by atoms with van der Waals surface area (Å²) in [5.41, 5.74) is 3.52. The molecule has 3 heterocycles. The average Bonchev–Trinajstić information content (AvgIpc) is 3.32. The molecule has 4 atom stereocenters. The third-order valence-corrected chi connectivity index (χ3v) is 8.64. The second-order valence-corrected chi connectivity index (χ2v) is 11.0. The number of piperidine rings is 1. The Bertz CT molecular complexity index is 1200. The van der Waals surface area contributed by atoms with Gasteiger partial charge in [0, 0.05) is 30.7 Å². The van der Waals surface area contributed by atoms with Crippen molar-refractivity contribution in [2.75, 3.05) is 25.1 Å². The molecule has 2 fully saturated rings. The van der Waals surface area contributed by atoms with Crippen LogP contribution in [0.1, 0.15) is 88.6 Å². The van der Waals surface area contributed by atoms with Gasteiger partial charge in [0.05, 0.1) is 35.7 Å². The molecule has 1 saturated carbocycles. The van der Waals surface area contributed by atoms with Crippen molar-refractivity contribution >= 4 is 34.7 Å². The molecule has 2 aromatic rings. The predicted molar refractivity (Wildman–Crippen MR) is 140 cm³/mol. The number of carboxylic acid groups (broad SMARTS) is 1. The number of fused-ring (bicyclic) bond motifs is 3. The summed E-state index contributed by atoms with van der Waals surface area (Å²) >= 11 is 0. The quantitative estimate of drug-likeness (QED) is 0.629. The smallest absolute Gasteiger partial charge is 0.414 e. The number of hydrogen-bond donors (Lipinski definition) is 1. The van der Waals surface area contributed by atoms with E-state index in [1.165, 1.54) is 7.11 Å². The minimum Gasteiger partial charge on any atom is -0.481 e. The van der Waals surface area contributed by atoms with E-state index in [-0.39, 0.29) is 18.0 Å². The Kier molecular flexibility index (Phi) is 7.14. The Morgan fingerprint density at radius 3 is 2.54 bits per heavy atom. The summed E-state index contributed by atoms with van der Waals surface area (Å²) in [6.45, 7) is 5.49. The van der Waals surface area contributed by atoms with E-state index in [2.05, 4.69) is 4.57 Å². The lowest BCUT2D eigenvalue weighted by atomic mass is 9.85. The van der Waals surface area contributed by atoms with E-state index in [0.717, 1.165) is 80.3 Å². The second kappa shape index (κ2) is 10.3. The number of methoxy groups -OCH3 is 1. The third-order valence-electron chi connectivity index (χ3n) is 8.64. The summed E-state index contributed by atoms with van der Waals surface area (Å²) in [4.78, 5) is 46.9. The number of aryl methyl sites for hydroxylation is 1. The number of amides is 2. The van der Waals surface area contributed by atoms with Crippen LogP contribution in [0, 0.1) is 5.92 Å². The van der Waals surface area contributed by atoms with Crippen molar-refractivity contribution in [3.05, 3.63) is 23.5 Å². The van der Waals surface area contributed by atoms with Crippen LogP contribution < -0.4 is 4.90 Å². The van der Waals surface area contributed by atoms with Crippen molar-refractivity contribution < 1.29 is 24.2 Å². The van der Waals surface area contributed by atoms with E-state index < -0.39 is 23.9 Å². The molecular weight excluding hydrogens is 472 g/mol. The van der Waals surface area contributed by atoms with E-state index in [1.807, 2.05) is 30.9 Å². The molecular formula is C28H38N4O5. The first-order valence-electron chi connectivity index (χ1n) is 13.7. The zero-order chi connectivity index (χ0) is 26.3. The lowest BCUT2D eigenvalue weighted by molar-refractivity contribution is -0.143. The van der Waals surface area contributed by atoms with Gasteiger partial charge in [-0.2, -0.15) is 0 Å². The number of nitrogens with zero attached hydrogens (tertiary/aromatic N) is 4. The second-order valence-electron chi connectivity index (χ2n) is 11.0. The minimum atomic E-state index is -0.756. The standard InChI is InChI=1S/C28H38N4O5/c1-17-10-11-21-22(31(17)28(36)37-3)12-13-23-24(21)29-25(18(2)26(33)30-14-5-4-6-15-30)32(23)20-9-7-8-19(16-20)27(34)35/h12-13,17-20H,4-11,14-16H2,1-3H3,(H,34,35)/t17?,18?,19-,20-/m1/s1. The summed E-state index contributed by atoms with van der Waals surface area (Å²) < 4.78 is 7.24. The Morgan fingerprint density at radius 2 is 1.84 bits per heavy atom. The van der Waals surface area contributed by atoms with Crippen LogP contribution in [-0.4, -0.2) is 63.8 Å². The maximum absolute atomic E-state index is 13.6. The molecule has 2 unspecified atom stereocenters. The van der Waals surface area contributed by atoms with Crippen molar-refractivity contribution in [3.63, 3.8) is 0 Å². The van der Waals surface area contributed by atoms with Gasteiger partial charge < -0.3 is 19.3 Å². The number of aromatic nitrogens is 2.